The molecule has 34 heavy (non-hydrogen) atoms. The van der Waals surface area contributed by atoms with E-state index in [0.29, 0.717) is 5.75 Å². The van der Waals surface area contributed by atoms with Gasteiger partial charge >= 0.3 is 6.16 Å². The Balaban J connectivity index is 0.00000281. The first-order valence-corrected chi connectivity index (χ1v) is 13.8. The smallest absolute Gasteiger partial charge is 0.508 e. The Bertz CT molecular complexity index is 976. The molecule has 0 spiro atoms. The first-order chi connectivity index (χ1) is 15.9. The van der Waals surface area contributed by atoms with Gasteiger partial charge in [0.05, 0.1) is 0 Å². The number of aryl methyl sites for hydroxylation is 2. The number of aliphatic hydroxyl groups excluding tert-OH is 1. The number of carbonyl (C=O) groups excluding carboxylic acids is 1. The third kappa shape index (κ3) is 9.49. The maximum absolute atomic E-state index is 12.8. The maximum Gasteiger partial charge on any atom is 0.512 e. The molecular weight excluding hydrogens is 455 g/mol. The van der Waals surface area contributed by atoms with Crippen LogP contribution in [0.3, 0.4) is 0 Å². The standard InChI is InChI=1S/C24H33O7P.C2H6/c1-15(2)21-11-19(7-8-23(21)26)12-22-16(3)9-20(10-17(22)4)13-32(6,28)30-14-29-24(27)31-18(5)25;1-2/h7-11,15,18,25-26H,12-14H2,1-6H3;1-2H3. The lowest BCUT2D eigenvalue weighted by Crippen LogP contribution is -2.16. The third-order valence-electron chi connectivity index (χ3n) is 5.09. The number of aromatic hydroxyl groups is 1. The minimum atomic E-state index is -3.07. The molecule has 2 atom stereocenters. The van der Waals surface area contributed by atoms with Gasteiger partial charge in [-0.25, -0.2) is 4.79 Å². The maximum atomic E-state index is 12.8. The van der Waals surface area contributed by atoms with Crippen molar-refractivity contribution < 1.29 is 33.6 Å². The number of phenols is 1. The summed E-state index contributed by atoms with van der Waals surface area (Å²) in [5, 5.41) is 19.0. The molecule has 0 aliphatic rings. The molecule has 2 aromatic carbocycles. The van der Waals surface area contributed by atoms with Gasteiger partial charge in [0, 0.05) is 12.8 Å². The largest absolute Gasteiger partial charge is 0.512 e. The monoisotopic (exact) mass is 494 g/mol. The summed E-state index contributed by atoms with van der Waals surface area (Å²) in [4.78, 5) is 11.3. The summed E-state index contributed by atoms with van der Waals surface area (Å²) in [7, 11) is -3.07. The Kier molecular flexibility index (Phi) is 11.8. The highest BCUT2D eigenvalue weighted by molar-refractivity contribution is 7.57. The highest BCUT2D eigenvalue weighted by Crippen LogP contribution is 2.46. The van der Waals surface area contributed by atoms with Crippen LogP contribution in [0, 0.1) is 13.8 Å². The molecule has 2 rings (SSSR count). The summed E-state index contributed by atoms with van der Waals surface area (Å²) in [6.07, 6.45) is -1.46. The minimum absolute atomic E-state index is 0.195. The lowest BCUT2D eigenvalue weighted by atomic mass is 9.92. The third-order valence-corrected chi connectivity index (χ3v) is 6.68. The number of aliphatic hydroxyl groups is 1. The van der Waals surface area contributed by atoms with Gasteiger partial charge in [-0.3, -0.25) is 9.09 Å². The van der Waals surface area contributed by atoms with Crippen LogP contribution in [0.2, 0.25) is 0 Å². The van der Waals surface area contributed by atoms with E-state index in [2.05, 4.69) is 23.3 Å². The number of ether oxygens (including phenoxy) is 2. The molecule has 0 fully saturated rings. The van der Waals surface area contributed by atoms with Gasteiger partial charge in [0.1, 0.15) is 5.75 Å². The molecule has 0 radical (unpaired) electrons. The van der Waals surface area contributed by atoms with Gasteiger partial charge in [0.2, 0.25) is 20.5 Å². The Labute approximate surface area is 203 Å². The zero-order chi connectivity index (χ0) is 26.1. The zero-order valence-electron chi connectivity index (χ0n) is 21.5. The summed E-state index contributed by atoms with van der Waals surface area (Å²) < 4.78 is 27.1. The molecule has 0 saturated carbocycles. The molecule has 2 unspecified atom stereocenters. The number of hydrogen-bond donors (Lipinski definition) is 2. The van der Waals surface area contributed by atoms with Crippen molar-refractivity contribution in [3.05, 3.63) is 63.7 Å². The number of hydrogen-bond acceptors (Lipinski definition) is 7. The second-order valence-corrected chi connectivity index (χ2v) is 11.1. The molecule has 2 aromatic rings. The summed E-state index contributed by atoms with van der Waals surface area (Å²) in [5.41, 5.74) is 6.26. The molecule has 0 aliphatic heterocycles. The molecule has 0 aliphatic carbocycles. The predicted molar refractivity (Wildman–Crippen MR) is 135 cm³/mol. The van der Waals surface area contributed by atoms with E-state index in [1.807, 2.05) is 52.0 Å². The highest BCUT2D eigenvalue weighted by Gasteiger charge is 2.20. The van der Waals surface area contributed by atoms with E-state index >= 15 is 0 Å². The first-order valence-electron chi connectivity index (χ1n) is 11.5. The van der Waals surface area contributed by atoms with E-state index in [4.69, 9.17) is 9.63 Å². The van der Waals surface area contributed by atoms with Crippen molar-refractivity contribution in [3.63, 3.8) is 0 Å². The van der Waals surface area contributed by atoms with Gasteiger partial charge in [0.25, 0.3) is 0 Å². The molecule has 7 nitrogen and oxygen atoms in total. The van der Waals surface area contributed by atoms with Crippen molar-refractivity contribution in [2.75, 3.05) is 13.5 Å². The minimum Gasteiger partial charge on any atom is -0.508 e. The van der Waals surface area contributed by atoms with Gasteiger partial charge < -0.3 is 19.7 Å². The van der Waals surface area contributed by atoms with Crippen molar-refractivity contribution in [1.29, 1.82) is 0 Å². The second-order valence-electron chi connectivity index (χ2n) is 8.46. The van der Waals surface area contributed by atoms with Gasteiger partial charge in [-0.1, -0.05) is 52.0 Å². The van der Waals surface area contributed by atoms with Crippen LogP contribution in [0.5, 0.6) is 5.75 Å². The van der Waals surface area contributed by atoms with E-state index in [1.165, 1.54) is 19.2 Å². The Morgan fingerprint density at radius 2 is 1.62 bits per heavy atom. The molecular formula is C26H39O7P. The van der Waals surface area contributed by atoms with Gasteiger partial charge in [-0.15, -0.1) is 0 Å². The fraction of sp³-hybridized carbons (Fsp3) is 0.500. The van der Waals surface area contributed by atoms with Crippen LogP contribution in [-0.4, -0.2) is 36.1 Å². The highest BCUT2D eigenvalue weighted by atomic mass is 31.2. The average Bonchev–Trinajstić information content (AvgIpc) is 2.72. The van der Waals surface area contributed by atoms with Crippen molar-refractivity contribution in [2.24, 2.45) is 0 Å². The molecule has 0 saturated heterocycles. The predicted octanol–water partition coefficient (Wildman–Crippen LogP) is 6.62. The Morgan fingerprint density at radius 1 is 1.03 bits per heavy atom. The Hall–Kier alpha value is -2.34. The van der Waals surface area contributed by atoms with Crippen molar-refractivity contribution in [3.8, 4) is 5.75 Å². The fourth-order valence-corrected chi connectivity index (χ4v) is 4.78. The zero-order valence-corrected chi connectivity index (χ0v) is 22.4. The van der Waals surface area contributed by atoms with Crippen LogP contribution in [0.25, 0.3) is 0 Å². The van der Waals surface area contributed by atoms with Crippen LogP contribution in [0.4, 0.5) is 4.79 Å². The van der Waals surface area contributed by atoms with Gasteiger partial charge in [-0.2, -0.15) is 0 Å². The second kappa shape index (κ2) is 13.5. The molecule has 0 amide bonds. The van der Waals surface area contributed by atoms with E-state index < -0.39 is 26.6 Å². The summed E-state index contributed by atoms with van der Waals surface area (Å²) >= 11 is 0. The number of phenolic OH excluding ortho intramolecular Hbond substituents is 1. The summed E-state index contributed by atoms with van der Waals surface area (Å²) in [6, 6.07) is 9.71. The number of rotatable bonds is 9. The van der Waals surface area contributed by atoms with Gasteiger partial charge in [-0.05, 0) is 72.6 Å². The molecule has 2 N–H and O–H groups in total. The van der Waals surface area contributed by atoms with Crippen molar-refractivity contribution in [2.45, 2.75) is 73.3 Å². The topological polar surface area (TPSA) is 102 Å². The van der Waals surface area contributed by atoms with E-state index in [1.54, 1.807) is 6.07 Å². The quantitative estimate of drug-likeness (QED) is 0.229. The number of benzene rings is 2. The van der Waals surface area contributed by atoms with Crippen molar-refractivity contribution in [1.82, 2.24) is 0 Å². The SMILES string of the molecule is CC.Cc1cc(CP(C)(=O)OCOC(=O)OC(C)O)cc(C)c1Cc1ccc(O)c(C(C)C)c1. The molecule has 0 bridgehead atoms. The molecule has 0 aromatic heterocycles. The molecule has 0 heterocycles. The van der Waals surface area contributed by atoms with Crippen LogP contribution in [0.15, 0.2) is 30.3 Å². The summed E-state index contributed by atoms with van der Waals surface area (Å²) in [6.45, 7) is 14.4. The van der Waals surface area contributed by atoms with E-state index in [0.717, 1.165) is 34.2 Å². The first kappa shape index (κ1) is 29.7. The van der Waals surface area contributed by atoms with Crippen LogP contribution < -0.4 is 0 Å². The fourth-order valence-electron chi connectivity index (χ4n) is 3.57. The van der Waals surface area contributed by atoms with E-state index in [-0.39, 0.29) is 12.1 Å². The van der Waals surface area contributed by atoms with Crippen LogP contribution in [0.1, 0.15) is 73.9 Å². The molecule has 8 heteroatoms. The van der Waals surface area contributed by atoms with Crippen molar-refractivity contribution >= 4 is 13.5 Å². The van der Waals surface area contributed by atoms with Gasteiger partial charge in [0.15, 0.2) is 0 Å². The summed E-state index contributed by atoms with van der Waals surface area (Å²) in [5.74, 6) is 0.547. The van der Waals surface area contributed by atoms with E-state index in [9.17, 15) is 14.5 Å². The van der Waals surface area contributed by atoms with Crippen LogP contribution in [-0.2, 0) is 31.1 Å². The number of carbonyl (C=O) groups is 1. The average molecular weight is 495 g/mol. The van der Waals surface area contributed by atoms with Crippen LogP contribution >= 0.6 is 7.37 Å². The molecule has 190 valence electrons. The normalized spacial score (nSPS) is 13.5. The lowest BCUT2D eigenvalue weighted by Gasteiger charge is -2.17. The lowest BCUT2D eigenvalue weighted by molar-refractivity contribution is -0.0811. The Morgan fingerprint density at radius 3 is 2.15 bits per heavy atom.